The van der Waals surface area contributed by atoms with Gasteiger partial charge in [-0.05, 0) is 42.3 Å². The lowest BCUT2D eigenvalue weighted by Gasteiger charge is -2.20. The molecule has 2 N–H and O–H groups in total. The average molecular weight is 439 g/mol. The van der Waals surface area contributed by atoms with Crippen LogP contribution < -0.4 is 10.2 Å². The van der Waals surface area contributed by atoms with Crippen molar-refractivity contribution in [3.8, 4) is 0 Å². The maximum Gasteiger partial charge on any atom is 0.335 e. The molecule has 0 fully saturated rings. The molecule has 0 aromatic heterocycles. The number of allylic oxidation sites excluding steroid dienone is 3. The third kappa shape index (κ3) is 4.90. The quantitative estimate of drug-likeness (QED) is 0.664. The molecule has 0 radical (unpaired) electrons. The fourth-order valence-electron chi connectivity index (χ4n) is 3.11. The van der Waals surface area contributed by atoms with Gasteiger partial charge >= 0.3 is 5.97 Å². The fraction of sp³-hybridized carbons (Fsp3) is 0.130. The maximum absolute atomic E-state index is 13.0. The van der Waals surface area contributed by atoms with Crippen molar-refractivity contribution < 1.29 is 24.3 Å². The van der Waals surface area contributed by atoms with E-state index in [1.807, 2.05) is 19.1 Å². The predicted molar refractivity (Wildman–Crippen MR) is 117 cm³/mol. The van der Waals surface area contributed by atoms with E-state index in [-0.39, 0.29) is 33.2 Å². The van der Waals surface area contributed by atoms with E-state index in [9.17, 15) is 24.3 Å². The summed E-state index contributed by atoms with van der Waals surface area (Å²) in [5, 5.41) is 12.2. The molecule has 8 heteroatoms. The summed E-state index contributed by atoms with van der Waals surface area (Å²) in [4.78, 5) is 49.5. The standard InChI is InChI=1S/C23H19ClN2O5/c1-13-3-6-18(7-13)25-21(28)16-8-17(24)11-19(9-16)26(2)22(29)20-10-14(23(30)31)4-5-15(20)12-27/h3-13H,1-2H3,(H,25,28)(H,30,31)/t13-/m1/s1. The zero-order valence-corrected chi connectivity index (χ0v) is 17.5. The van der Waals surface area contributed by atoms with Gasteiger partial charge in [0.05, 0.1) is 11.1 Å². The molecule has 0 aliphatic heterocycles. The van der Waals surface area contributed by atoms with E-state index in [2.05, 4.69) is 5.32 Å². The Morgan fingerprint density at radius 3 is 2.48 bits per heavy atom. The smallest absolute Gasteiger partial charge is 0.335 e. The Balaban J connectivity index is 1.91. The minimum Gasteiger partial charge on any atom is -0.478 e. The highest BCUT2D eigenvalue weighted by Gasteiger charge is 2.21. The Morgan fingerprint density at radius 2 is 1.87 bits per heavy atom. The summed E-state index contributed by atoms with van der Waals surface area (Å²) in [7, 11) is 1.45. The van der Waals surface area contributed by atoms with E-state index in [1.165, 1.54) is 42.3 Å². The summed E-state index contributed by atoms with van der Waals surface area (Å²) >= 11 is 6.17. The van der Waals surface area contributed by atoms with Crippen molar-refractivity contribution in [3.05, 3.63) is 87.6 Å². The van der Waals surface area contributed by atoms with E-state index >= 15 is 0 Å². The third-order valence-corrected chi connectivity index (χ3v) is 4.99. The van der Waals surface area contributed by atoms with Crippen LogP contribution in [0, 0.1) is 5.92 Å². The number of rotatable bonds is 6. The number of aldehydes is 1. The number of nitrogens with zero attached hydrogens (tertiary/aromatic N) is 1. The molecule has 3 rings (SSSR count). The SMILES string of the molecule is C[C@@H]1C=CC(NC(=O)c2cc(Cl)cc(N(C)C(=O)c3cc(C(=O)O)ccc3C=O)c2)=C1. The Labute approximate surface area is 183 Å². The summed E-state index contributed by atoms with van der Waals surface area (Å²) in [6.07, 6.45) is 6.13. The van der Waals surface area contributed by atoms with Crippen LogP contribution in [-0.4, -0.2) is 36.2 Å². The third-order valence-electron chi connectivity index (χ3n) is 4.77. The number of carboxylic acids is 1. The topological polar surface area (TPSA) is 104 Å². The average Bonchev–Trinajstić information content (AvgIpc) is 3.16. The van der Waals surface area contributed by atoms with Crippen molar-refractivity contribution >= 4 is 41.4 Å². The molecule has 2 amide bonds. The second kappa shape index (κ2) is 8.97. The maximum atomic E-state index is 13.0. The number of carbonyl (C=O) groups is 4. The monoisotopic (exact) mass is 438 g/mol. The van der Waals surface area contributed by atoms with Gasteiger partial charge in [-0.1, -0.05) is 36.7 Å². The fourth-order valence-corrected chi connectivity index (χ4v) is 3.34. The minimum absolute atomic E-state index is 0.0518. The number of hydrogen-bond donors (Lipinski definition) is 2. The lowest BCUT2D eigenvalue weighted by molar-refractivity contribution is 0.0696. The van der Waals surface area contributed by atoms with Crippen LogP contribution in [0.2, 0.25) is 5.02 Å². The predicted octanol–water partition coefficient (Wildman–Crippen LogP) is 3.95. The van der Waals surface area contributed by atoms with Crippen molar-refractivity contribution in [3.63, 3.8) is 0 Å². The van der Waals surface area contributed by atoms with Crippen LogP contribution in [0.3, 0.4) is 0 Å². The summed E-state index contributed by atoms with van der Waals surface area (Å²) in [5.41, 5.74) is 1.08. The summed E-state index contributed by atoms with van der Waals surface area (Å²) in [6.45, 7) is 1.99. The molecular formula is C23H19ClN2O5. The van der Waals surface area contributed by atoms with Crippen LogP contribution in [0.4, 0.5) is 5.69 Å². The number of aromatic carboxylic acids is 1. The summed E-state index contributed by atoms with van der Waals surface area (Å²) < 4.78 is 0. The summed E-state index contributed by atoms with van der Waals surface area (Å²) in [5.74, 6) is -2.01. The van der Waals surface area contributed by atoms with Crippen LogP contribution in [0.25, 0.3) is 0 Å². The van der Waals surface area contributed by atoms with E-state index < -0.39 is 17.8 Å². The van der Waals surface area contributed by atoms with Crippen LogP contribution >= 0.6 is 11.6 Å². The van der Waals surface area contributed by atoms with Crippen molar-refractivity contribution in [2.24, 2.45) is 5.92 Å². The Kier molecular flexibility index (Phi) is 6.36. The number of benzene rings is 2. The molecule has 1 atom stereocenters. The molecule has 0 saturated heterocycles. The van der Waals surface area contributed by atoms with Crippen LogP contribution in [0.5, 0.6) is 0 Å². The first-order chi connectivity index (χ1) is 14.7. The van der Waals surface area contributed by atoms with Gasteiger partial charge in [0.2, 0.25) is 0 Å². The van der Waals surface area contributed by atoms with E-state index in [0.29, 0.717) is 17.7 Å². The van der Waals surface area contributed by atoms with E-state index in [4.69, 9.17) is 11.6 Å². The van der Waals surface area contributed by atoms with Gasteiger partial charge in [0.15, 0.2) is 6.29 Å². The molecular weight excluding hydrogens is 420 g/mol. The van der Waals surface area contributed by atoms with E-state index in [1.54, 1.807) is 6.08 Å². The molecule has 0 bridgehead atoms. The normalized spacial score (nSPS) is 14.7. The Hall–Kier alpha value is -3.71. The molecule has 0 spiro atoms. The largest absolute Gasteiger partial charge is 0.478 e. The molecule has 0 heterocycles. The first kappa shape index (κ1) is 22.0. The molecule has 1 aliphatic rings. The molecule has 7 nitrogen and oxygen atoms in total. The highest BCUT2D eigenvalue weighted by atomic mass is 35.5. The van der Waals surface area contributed by atoms with Gasteiger partial charge in [0.25, 0.3) is 11.8 Å². The van der Waals surface area contributed by atoms with E-state index in [0.717, 1.165) is 6.07 Å². The van der Waals surface area contributed by atoms with Crippen LogP contribution in [-0.2, 0) is 0 Å². The van der Waals surface area contributed by atoms with Gasteiger partial charge in [-0.15, -0.1) is 0 Å². The van der Waals surface area contributed by atoms with Gasteiger partial charge in [-0.3, -0.25) is 14.4 Å². The molecule has 31 heavy (non-hydrogen) atoms. The molecule has 1 aliphatic carbocycles. The lowest BCUT2D eigenvalue weighted by atomic mass is 10.0. The molecule has 0 saturated carbocycles. The Morgan fingerprint density at radius 1 is 1.13 bits per heavy atom. The molecule has 2 aromatic carbocycles. The first-order valence-corrected chi connectivity index (χ1v) is 9.70. The highest BCUT2D eigenvalue weighted by molar-refractivity contribution is 6.31. The molecule has 158 valence electrons. The molecule has 0 unspecified atom stereocenters. The van der Waals surface area contributed by atoms with Gasteiger partial charge in [-0.2, -0.15) is 0 Å². The number of halogens is 1. The van der Waals surface area contributed by atoms with Gasteiger partial charge in [-0.25, -0.2) is 4.79 Å². The number of anilines is 1. The molecule has 2 aromatic rings. The van der Waals surface area contributed by atoms with Crippen LogP contribution in [0.15, 0.2) is 60.3 Å². The lowest BCUT2D eigenvalue weighted by Crippen LogP contribution is -2.28. The summed E-state index contributed by atoms with van der Waals surface area (Å²) in [6, 6.07) is 8.13. The van der Waals surface area contributed by atoms with Crippen molar-refractivity contribution in [2.45, 2.75) is 6.92 Å². The zero-order valence-electron chi connectivity index (χ0n) is 16.8. The van der Waals surface area contributed by atoms with Crippen molar-refractivity contribution in [1.29, 1.82) is 0 Å². The van der Waals surface area contributed by atoms with Crippen LogP contribution in [0.1, 0.15) is 48.4 Å². The van der Waals surface area contributed by atoms with Crippen molar-refractivity contribution in [2.75, 3.05) is 11.9 Å². The number of carbonyl (C=O) groups excluding carboxylic acids is 3. The number of amides is 2. The number of carboxylic acid groups (broad SMARTS) is 1. The zero-order chi connectivity index (χ0) is 22.7. The minimum atomic E-state index is -1.22. The first-order valence-electron chi connectivity index (χ1n) is 9.32. The van der Waals surface area contributed by atoms with Gasteiger partial charge < -0.3 is 15.3 Å². The number of nitrogens with one attached hydrogen (secondary N) is 1. The number of hydrogen-bond acceptors (Lipinski definition) is 4. The Bertz CT molecular complexity index is 1150. The second-order valence-electron chi connectivity index (χ2n) is 7.08. The van der Waals surface area contributed by atoms with Gasteiger partial charge in [0, 0.05) is 34.6 Å². The van der Waals surface area contributed by atoms with Crippen molar-refractivity contribution in [1.82, 2.24) is 5.32 Å². The van der Waals surface area contributed by atoms with Gasteiger partial charge in [0.1, 0.15) is 0 Å². The second-order valence-corrected chi connectivity index (χ2v) is 7.52. The highest BCUT2D eigenvalue weighted by Crippen LogP contribution is 2.25.